The van der Waals surface area contributed by atoms with Crippen molar-refractivity contribution in [2.75, 3.05) is 13.2 Å². The fraction of sp³-hybridized carbons (Fsp3) is 0.542. The zero-order chi connectivity index (χ0) is 22.0. The second-order valence-corrected chi connectivity index (χ2v) is 8.75. The largest absolute Gasteiger partial charge is 0.482 e. The van der Waals surface area contributed by atoms with Crippen molar-refractivity contribution >= 4 is 22.8 Å². The van der Waals surface area contributed by atoms with Gasteiger partial charge < -0.3 is 19.2 Å². The van der Waals surface area contributed by atoms with E-state index >= 15 is 0 Å². The molecule has 1 aromatic heterocycles. The molecule has 0 bridgehead atoms. The molecule has 0 radical (unpaired) electrons. The van der Waals surface area contributed by atoms with Crippen LogP contribution in [0.5, 0.6) is 5.75 Å². The highest BCUT2D eigenvalue weighted by atomic mass is 16.6. The highest BCUT2D eigenvalue weighted by Crippen LogP contribution is 2.30. The van der Waals surface area contributed by atoms with Crippen LogP contribution in [0.3, 0.4) is 0 Å². The predicted octanol–water partition coefficient (Wildman–Crippen LogP) is 3.14. The van der Waals surface area contributed by atoms with Crippen LogP contribution in [0.25, 0.3) is 11.0 Å². The Labute approximate surface area is 181 Å². The second-order valence-electron chi connectivity index (χ2n) is 8.75. The molecule has 0 aliphatic heterocycles. The van der Waals surface area contributed by atoms with Crippen LogP contribution in [0, 0.1) is 11.8 Å². The van der Waals surface area contributed by atoms with E-state index < -0.39 is 5.97 Å². The van der Waals surface area contributed by atoms with Gasteiger partial charge in [-0.2, -0.15) is 0 Å². The molecular formula is C24H29NO6. The van der Waals surface area contributed by atoms with Crippen LogP contribution in [0.15, 0.2) is 27.4 Å². The maximum absolute atomic E-state index is 12.1. The van der Waals surface area contributed by atoms with Gasteiger partial charge in [0.1, 0.15) is 11.3 Å². The van der Waals surface area contributed by atoms with Crippen molar-refractivity contribution in [3.8, 4) is 5.75 Å². The standard InChI is InChI=1S/C24H29NO6/c1-14-5-3-8-20(15(14)2)25-22(26)12-30-23(27)13-29-16-9-10-18-17-6-4-7-19(17)24(28)31-21(18)11-16/h9-11,14-15,20H,3-8,12-13H2,1-2H3,(H,25,26)/t14-,15-,20+/m1/s1. The zero-order valence-corrected chi connectivity index (χ0v) is 18.1. The molecule has 166 valence electrons. The molecule has 0 unspecified atom stereocenters. The van der Waals surface area contributed by atoms with Crippen molar-refractivity contribution in [1.29, 1.82) is 0 Å². The van der Waals surface area contributed by atoms with Crippen molar-refractivity contribution in [3.05, 3.63) is 39.7 Å². The maximum Gasteiger partial charge on any atom is 0.344 e. The first-order valence-corrected chi connectivity index (χ1v) is 11.1. The van der Waals surface area contributed by atoms with Gasteiger partial charge in [0.2, 0.25) is 0 Å². The number of hydrogen-bond acceptors (Lipinski definition) is 6. The zero-order valence-electron chi connectivity index (χ0n) is 18.1. The number of esters is 1. The number of hydrogen-bond donors (Lipinski definition) is 1. The summed E-state index contributed by atoms with van der Waals surface area (Å²) in [6, 6.07) is 5.33. The average Bonchev–Trinajstić information content (AvgIpc) is 3.25. The fourth-order valence-electron chi connectivity index (χ4n) is 4.72. The molecule has 7 nitrogen and oxygen atoms in total. The minimum atomic E-state index is -0.629. The van der Waals surface area contributed by atoms with Crippen molar-refractivity contribution < 1.29 is 23.5 Å². The van der Waals surface area contributed by atoms with E-state index in [2.05, 4.69) is 19.2 Å². The molecule has 1 fully saturated rings. The van der Waals surface area contributed by atoms with Gasteiger partial charge in [0, 0.05) is 23.1 Å². The molecule has 1 heterocycles. The Morgan fingerprint density at radius 3 is 2.74 bits per heavy atom. The molecule has 31 heavy (non-hydrogen) atoms. The number of nitrogens with one attached hydrogen (secondary N) is 1. The summed E-state index contributed by atoms with van der Waals surface area (Å²) in [4.78, 5) is 36.3. The van der Waals surface area contributed by atoms with Gasteiger partial charge in [-0.15, -0.1) is 0 Å². The van der Waals surface area contributed by atoms with Crippen LogP contribution >= 0.6 is 0 Å². The molecule has 0 spiro atoms. The van der Waals surface area contributed by atoms with E-state index in [0.29, 0.717) is 23.2 Å². The molecule has 1 aromatic carbocycles. The second kappa shape index (κ2) is 9.12. The highest BCUT2D eigenvalue weighted by molar-refractivity contribution is 5.83. The summed E-state index contributed by atoms with van der Waals surface area (Å²) in [5.41, 5.74) is 1.96. The Kier molecular flexibility index (Phi) is 6.30. The number of fused-ring (bicyclic) bond motifs is 3. The van der Waals surface area contributed by atoms with Gasteiger partial charge in [-0.05, 0) is 55.2 Å². The lowest BCUT2D eigenvalue weighted by molar-refractivity contribution is -0.150. The molecular weight excluding hydrogens is 398 g/mol. The Hall–Kier alpha value is -2.83. The van der Waals surface area contributed by atoms with E-state index in [1.807, 2.05) is 6.07 Å². The molecule has 2 aliphatic carbocycles. The summed E-state index contributed by atoms with van der Waals surface area (Å²) in [6.07, 6.45) is 5.80. The Morgan fingerprint density at radius 2 is 1.90 bits per heavy atom. The summed E-state index contributed by atoms with van der Waals surface area (Å²) >= 11 is 0. The Bertz CT molecular complexity index is 1040. The van der Waals surface area contributed by atoms with Crippen LogP contribution in [0.1, 0.15) is 50.7 Å². The number of rotatable bonds is 6. The summed E-state index contributed by atoms with van der Waals surface area (Å²) in [5.74, 6) is 0.463. The molecule has 3 atom stereocenters. The van der Waals surface area contributed by atoms with E-state index in [1.54, 1.807) is 12.1 Å². The SMILES string of the molecule is C[C@@H]1[C@H](C)CCC[C@@H]1NC(=O)COC(=O)COc1ccc2c3c(c(=O)oc2c1)CCC3. The Morgan fingerprint density at radius 1 is 1.10 bits per heavy atom. The normalized spacial score (nSPS) is 22.7. The quantitative estimate of drug-likeness (QED) is 0.562. The van der Waals surface area contributed by atoms with Crippen molar-refractivity contribution in [3.63, 3.8) is 0 Å². The maximum atomic E-state index is 12.1. The summed E-state index contributed by atoms with van der Waals surface area (Å²) in [6.45, 7) is 3.70. The molecule has 7 heteroatoms. The van der Waals surface area contributed by atoms with Crippen molar-refractivity contribution in [2.45, 2.75) is 58.4 Å². The molecule has 2 aliphatic rings. The van der Waals surface area contributed by atoms with Crippen LogP contribution in [0.2, 0.25) is 0 Å². The molecule has 1 N–H and O–H groups in total. The van der Waals surface area contributed by atoms with Crippen LogP contribution in [0.4, 0.5) is 0 Å². The van der Waals surface area contributed by atoms with E-state index in [0.717, 1.165) is 48.6 Å². The topological polar surface area (TPSA) is 94.8 Å². The number of aryl methyl sites for hydroxylation is 1. The third-order valence-electron chi connectivity index (χ3n) is 6.72. The monoisotopic (exact) mass is 427 g/mol. The first kappa shape index (κ1) is 21.4. The van der Waals surface area contributed by atoms with Crippen molar-refractivity contribution in [2.24, 2.45) is 11.8 Å². The van der Waals surface area contributed by atoms with Gasteiger partial charge >= 0.3 is 11.6 Å². The molecule has 0 saturated heterocycles. The minimum Gasteiger partial charge on any atom is -0.482 e. The van der Waals surface area contributed by atoms with Gasteiger partial charge in [-0.25, -0.2) is 9.59 Å². The van der Waals surface area contributed by atoms with Gasteiger partial charge in [0.05, 0.1) is 0 Å². The van der Waals surface area contributed by atoms with Gasteiger partial charge in [0.15, 0.2) is 13.2 Å². The first-order chi connectivity index (χ1) is 14.9. The number of benzene rings is 1. The smallest absolute Gasteiger partial charge is 0.344 e. The number of carbonyl (C=O) groups excluding carboxylic acids is 2. The highest BCUT2D eigenvalue weighted by Gasteiger charge is 2.28. The predicted molar refractivity (Wildman–Crippen MR) is 115 cm³/mol. The van der Waals surface area contributed by atoms with Gasteiger partial charge in [-0.1, -0.05) is 26.7 Å². The Balaban J connectivity index is 1.28. The summed E-state index contributed by atoms with van der Waals surface area (Å²) in [5, 5.41) is 3.88. The number of ether oxygens (including phenoxy) is 2. The van der Waals surface area contributed by atoms with E-state index in [4.69, 9.17) is 13.9 Å². The molecule has 1 amide bonds. The lowest BCUT2D eigenvalue weighted by atomic mass is 9.78. The van der Waals surface area contributed by atoms with Crippen LogP contribution in [-0.4, -0.2) is 31.1 Å². The number of carbonyl (C=O) groups is 2. The third-order valence-corrected chi connectivity index (χ3v) is 6.72. The van der Waals surface area contributed by atoms with E-state index in [1.165, 1.54) is 6.42 Å². The van der Waals surface area contributed by atoms with Crippen LogP contribution < -0.4 is 15.7 Å². The lowest BCUT2D eigenvalue weighted by Crippen LogP contribution is -2.45. The third kappa shape index (κ3) is 4.75. The van der Waals surface area contributed by atoms with E-state index in [-0.39, 0.29) is 30.8 Å². The summed E-state index contributed by atoms with van der Waals surface area (Å²) in [7, 11) is 0. The molecule has 4 rings (SSSR count). The van der Waals surface area contributed by atoms with Gasteiger partial charge in [-0.3, -0.25) is 4.79 Å². The van der Waals surface area contributed by atoms with Crippen molar-refractivity contribution in [1.82, 2.24) is 5.32 Å². The number of amides is 1. The molecule has 2 aromatic rings. The lowest BCUT2D eigenvalue weighted by Gasteiger charge is -2.34. The van der Waals surface area contributed by atoms with Gasteiger partial charge in [0.25, 0.3) is 5.91 Å². The minimum absolute atomic E-state index is 0.125. The molecule has 1 saturated carbocycles. The first-order valence-electron chi connectivity index (χ1n) is 11.1. The summed E-state index contributed by atoms with van der Waals surface area (Å²) < 4.78 is 15.9. The van der Waals surface area contributed by atoms with E-state index in [9.17, 15) is 14.4 Å². The average molecular weight is 427 g/mol. The fourth-order valence-corrected chi connectivity index (χ4v) is 4.72. The van der Waals surface area contributed by atoms with Crippen LogP contribution in [-0.2, 0) is 27.2 Å².